The molecule has 4 aliphatic carbocycles. The first-order valence-corrected chi connectivity index (χ1v) is 9.94. The molecule has 0 nitrogen and oxygen atoms in total. The van der Waals surface area contributed by atoms with E-state index in [2.05, 4.69) is 32.2 Å². The van der Waals surface area contributed by atoms with Gasteiger partial charge in [0.25, 0.3) is 0 Å². The minimum Gasteiger partial charge on any atom is -0.133 e. The van der Waals surface area contributed by atoms with Crippen molar-refractivity contribution < 1.29 is 0 Å². The fraction of sp³-hybridized carbons (Fsp3) is 0.864. The van der Waals surface area contributed by atoms with Crippen molar-refractivity contribution >= 4 is 0 Å². The van der Waals surface area contributed by atoms with Crippen LogP contribution >= 0.6 is 0 Å². The summed E-state index contributed by atoms with van der Waals surface area (Å²) in [5.74, 6) is 4.76. The molecule has 0 N–H and O–H groups in total. The van der Waals surface area contributed by atoms with Gasteiger partial charge in [-0.3, -0.25) is 0 Å². The van der Waals surface area contributed by atoms with E-state index in [1.165, 1.54) is 64.2 Å². The highest BCUT2D eigenvalue weighted by molar-refractivity contribution is 5.11. The van der Waals surface area contributed by atoms with Crippen LogP contribution in [0.2, 0.25) is 0 Å². The lowest BCUT2D eigenvalue weighted by Crippen LogP contribution is -2.52. The number of allylic oxidation sites excluding steroid dienone is 1. The van der Waals surface area contributed by atoms with Crippen LogP contribution in [0.4, 0.5) is 0 Å². The molecule has 4 rings (SSSR count). The van der Waals surface area contributed by atoms with E-state index in [-0.39, 0.29) is 0 Å². The van der Waals surface area contributed by atoms with Gasteiger partial charge in [0.05, 0.1) is 0 Å². The molecule has 0 aromatic carbocycles. The third-order valence-corrected chi connectivity index (χ3v) is 8.80. The van der Waals surface area contributed by atoms with Gasteiger partial charge in [0, 0.05) is 0 Å². The number of hydrogen-bond donors (Lipinski definition) is 0. The van der Waals surface area contributed by atoms with Gasteiger partial charge >= 0.3 is 0 Å². The quantitative estimate of drug-likeness (QED) is 0.493. The summed E-state index contributed by atoms with van der Waals surface area (Å²) in [6.45, 7) is 9.18. The minimum atomic E-state index is 0.622. The van der Waals surface area contributed by atoms with E-state index in [1.807, 2.05) is 0 Å². The van der Waals surface area contributed by atoms with Crippen LogP contribution in [-0.4, -0.2) is 0 Å². The highest BCUT2D eigenvalue weighted by Gasteiger charge is 2.59. The first kappa shape index (κ1) is 15.1. The maximum atomic E-state index is 3.89. The lowest BCUT2D eigenvalue weighted by Gasteiger charge is -2.60. The number of fused-ring (bicyclic) bond motifs is 5. The zero-order valence-electron chi connectivity index (χ0n) is 14.7. The number of hydrogen-bond acceptors (Lipinski definition) is 0. The van der Waals surface area contributed by atoms with E-state index in [1.54, 1.807) is 0 Å². The van der Waals surface area contributed by atoms with E-state index < -0.39 is 0 Å². The molecule has 4 fully saturated rings. The third-order valence-electron chi connectivity index (χ3n) is 8.80. The molecule has 0 saturated heterocycles. The molecule has 0 aromatic rings. The van der Waals surface area contributed by atoms with Gasteiger partial charge in [-0.1, -0.05) is 33.3 Å². The molecule has 2 unspecified atom stereocenters. The van der Waals surface area contributed by atoms with Crippen molar-refractivity contribution in [1.29, 1.82) is 0 Å². The molecule has 0 heterocycles. The summed E-state index contributed by atoms with van der Waals surface area (Å²) < 4.78 is 0. The second kappa shape index (κ2) is 5.27. The second-order valence-corrected chi connectivity index (χ2v) is 9.59. The molecule has 22 heavy (non-hydrogen) atoms. The second-order valence-electron chi connectivity index (χ2n) is 9.59. The van der Waals surface area contributed by atoms with Crippen LogP contribution in [0.25, 0.3) is 0 Å². The summed E-state index contributed by atoms with van der Waals surface area (Å²) in [5, 5.41) is 0. The summed E-state index contributed by atoms with van der Waals surface area (Å²) in [6, 6.07) is 0. The van der Waals surface area contributed by atoms with Crippen molar-refractivity contribution in [2.75, 3.05) is 0 Å². The van der Waals surface area contributed by atoms with Gasteiger partial charge < -0.3 is 0 Å². The Morgan fingerprint density at radius 1 is 0.955 bits per heavy atom. The summed E-state index contributed by atoms with van der Waals surface area (Å²) >= 11 is 0. The highest BCUT2D eigenvalue weighted by atomic mass is 14.6. The van der Waals surface area contributed by atoms with Gasteiger partial charge in [-0.05, 0) is 97.9 Å². The van der Waals surface area contributed by atoms with E-state index in [4.69, 9.17) is 0 Å². The standard InChI is InChI=1S/C22H34/c1-4-7-16-11-14-21(2)15-12-19-18(20(16)21)10-9-17-8-5-6-13-22(17,19)3/h7,16-20H,1,5-6,8-15H2,2-3H3/t16?,17?,18-,19+,20+,21+,22+/m1/s1. The van der Waals surface area contributed by atoms with E-state index in [9.17, 15) is 0 Å². The Hall–Kier alpha value is -0.480. The van der Waals surface area contributed by atoms with Crippen LogP contribution in [-0.2, 0) is 0 Å². The predicted molar refractivity (Wildman–Crippen MR) is 93.5 cm³/mol. The molecule has 0 bridgehead atoms. The van der Waals surface area contributed by atoms with Crippen molar-refractivity contribution in [3.05, 3.63) is 18.4 Å². The summed E-state index contributed by atoms with van der Waals surface area (Å²) in [6.07, 6.45) is 17.3. The van der Waals surface area contributed by atoms with Crippen molar-refractivity contribution in [2.45, 2.75) is 78.1 Å². The average Bonchev–Trinajstić information content (AvgIpc) is 2.84. The lowest BCUT2D eigenvalue weighted by molar-refractivity contribution is -0.108. The Morgan fingerprint density at radius 3 is 2.59 bits per heavy atom. The molecule has 0 spiro atoms. The molecular formula is C22H34. The van der Waals surface area contributed by atoms with Gasteiger partial charge in [-0.25, -0.2) is 0 Å². The summed E-state index contributed by atoms with van der Waals surface area (Å²) in [5.41, 5.74) is 4.44. The Balaban J connectivity index is 1.67. The number of rotatable bonds is 1. The van der Waals surface area contributed by atoms with Gasteiger partial charge in [0.2, 0.25) is 0 Å². The summed E-state index contributed by atoms with van der Waals surface area (Å²) in [7, 11) is 0. The molecule has 0 heteroatoms. The Labute approximate surface area is 137 Å². The van der Waals surface area contributed by atoms with Gasteiger partial charge in [-0.15, -0.1) is 5.73 Å². The maximum absolute atomic E-state index is 3.89. The van der Waals surface area contributed by atoms with Crippen molar-refractivity contribution in [1.82, 2.24) is 0 Å². The average molecular weight is 299 g/mol. The lowest BCUT2D eigenvalue weighted by atomic mass is 9.45. The predicted octanol–water partition coefficient (Wildman–Crippen LogP) is 6.38. The molecule has 0 radical (unpaired) electrons. The topological polar surface area (TPSA) is 0 Å². The van der Waals surface area contributed by atoms with Gasteiger partial charge in [0.1, 0.15) is 0 Å². The summed E-state index contributed by atoms with van der Waals surface area (Å²) in [4.78, 5) is 0. The SMILES string of the molecule is C=C=CC1CC[C@@]2(C)CC[C@H]3[C@@H](CCC4CCCC[C@@]43C)[C@H]12. The van der Waals surface area contributed by atoms with Crippen molar-refractivity contribution in [3.8, 4) is 0 Å². The van der Waals surface area contributed by atoms with E-state index in [0.29, 0.717) is 10.8 Å². The molecular weight excluding hydrogens is 264 g/mol. The van der Waals surface area contributed by atoms with Crippen LogP contribution < -0.4 is 0 Å². The molecule has 4 saturated carbocycles. The normalized spacial score (nSPS) is 53.8. The fourth-order valence-electron chi connectivity index (χ4n) is 7.76. The van der Waals surface area contributed by atoms with Crippen LogP contribution in [0.15, 0.2) is 18.4 Å². The molecule has 4 aliphatic rings. The van der Waals surface area contributed by atoms with E-state index in [0.717, 1.165) is 29.6 Å². The van der Waals surface area contributed by atoms with Crippen LogP contribution in [0.3, 0.4) is 0 Å². The highest BCUT2D eigenvalue weighted by Crippen LogP contribution is 2.67. The first-order chi connectivity index (χ1) is 10.6. The minimum absolute atomic E-state index is 0.622. The molecule has 0 amide bonds. The molecule has 0 aromatic heterocycles. The Kier molecular flexibility index (Phi) is 3.61. The van der Waals surface area contributed by atoms with Gasteiger partial charge in [-0.2, -0.15) is 0 Å². The third kappa shape index (κ3) is 2.02. The van der Waals surface area contributed by atoms with Gasteiger partial charge in [0.15, 0.2) is 0 Å². The van der Waals surface area contributed by atoms with Crippen LogP contribution in [0.5, 0.6) is 0 Å². The van der Waals surface area contributed by atoms with Crippen molar-refractivity contribution in [3.63, 3.8) is 0 Å². The smallest absolute Gasteiger partial charge is 0.0121 e. The first-order valence-electron chi connectivity index (χ1n) is 9.94. The largest absolute Gasteiger partial charge is 0.133 e. The zero-order chi connectivity index (χ0) is 15.4. The van der Waals surface area contributed by atoms with Crippen LogP contribution in [0, 0.1) is 40.4 Å². The zero-order valence-corrected chi connectivity index (χ0v) is 14.7. The monoisotopic (exact) mass is 298 g/mol. The Morgan fingerprint density at radius 2 is 1.77 bits per heavy atom. The molecule has 0 aliphatic heterocycles. The van der Waals surface area contributed by atoms with Crippen molar-refractivity contribution in [2.24, 2.45) is 40.4 Å². The fourth-order valence-corrected chi connectivity index (χ4v) is 7.76. The van der Waals surface area contributed by atoms with Crippen LogP contribution in [0.1, 0.15) is 78.1 Å². The molecule has 7 atom stereocenters. The van der Waals surface area contributed by atoms with E-state index >= 15 is 0 Å². The maximum Gasteiger partial charge on any atom is -0.0121 e. The Bertz CT molecular complexity index is 484. The molecule has 122 valence electrons.